The van der Waals surface area contributed by atoms with Crippen molar-refractivity contribution in [1.29, 1.82) is 0 Å². The molecule has 1 aromatic rings. The first-order valence-electron chi connectivity index (χ1n) is 6.55. The Balaban J connectivity index is 1.84. The van der Waals surface area contributed by atoms with Crippen LogP contribution in [-0.2, 0) is 25.7 Å². The first-order valence-corrected chi connectivity index (χ1v) is 6.55. The van der Waals surface area contributed by atoms with Crippen molar-refractivity contribution < 1.29 is 19.1 Å². The number of carbonyl (C=O) groups is 2. The van der Waals surface area contributed by atoms with Gasteiger partial charge in [0.25, 0.3) is 0 Å². The van der Waals surface area contributed by atoms with Crippen LogP contribution in [0.15, 0.2) is 30.3 Å². The molecule has 0 saturated heterocycles. The fourth-order valence-electron chi connectivity index (χ4n) is 2.23. The predicted octanol–water partition coefficient (Wildman–Crippen LogP) is 2.11. The van der Waals surface area contributed by atoms with Crippen molar-refractivity contribution in [2.45, 2.75) is 32.5 Å². The number of carbonyl (C=O) groups excluding carboxylic acids is 2. The lowest BCUT2D eigenvalue weighted by atomic mass is 10.1. The van der Waals surface area contributed by atoms with E-state index >= 15 is 0 Å². The molecule has 0 heterocycles. The molecule has 19 heavy (non-hydrogen) atoms. The lowest BCUT2D eigenvalue weighted by molar-refractivity contribution is -0.150. The lowest BCUT2D eigenvalue weighted by Crippen LogP contribution is -2.21. The van der Waals surface area contributed by atoms with Gasteiger partial charge in [-0.2, -0.15) is 0 Å². The monoisotopic (exact) mass is 262 g/mol. The van der Waals surface area contributed by atoms with Gasteiger partial charge in [0, 0.05) is 6.42 Å². The van der Waals surface area contributed by atoms with Gasteiger partial charge in [-0.25, -0.2) is 0 Å². The van der Waals surface area contributed by atoms with Gasteiger partial charge in [-0.1, -0.05) is 30.3 Å². The SMILES string of the molecule is CCOC(=O)C1CC(OCc2ccccc2)CC1=O. The quantitative estimate of drug-likeness (QED) is 0.602. The average molecular weight is 262 g/mol. The summed E-state index contributed by atoms with van der Waals surface area (Å²) in [7, 11) is 0. The van der Waals surface area contributed by atoms with E-state index in [1.54, 1.807) is 6.92 Å². The van der Waals surface area contributed by atoms with Gasteiger partial charge >= 0.3 is 5.97 Å². The van der Waals surface area contributed by atoms with E-state index in [9.17, 15) is 9.59 Å². The molecule has 1 aliphatic rings. The molecule has 0 N–H and O–H groups in total. The van der Waals surface area contributed by atoms with Crippen molar-refractivity contribution in [3.8, 4) is 0 Å². The molecule has 1 aromatic carbocycles. The maximum Gasteiger partial charge on any atom is 0.316 e. The Hall–Kier alpha value is -1.68. The zero-order chi connectivity index (χ0) is 13.7. The average Bonchev–Trinajstić information content (AvgIpc) is 2.79. The van der Waals surface area contributed by atoms with Crippen LogP contribution in [0.25, 0.3) is 0 Å². The molecule has 2 unspecified atom stereocenters. The molecule has 0 radical (unpaired) electrons. The summed E-state index contributed by atoms with van der Waals surface area (Å²) >= 11 is 0. The Morgan fingerprint density at radius 1 is 1.32 bits per heavy atom. The molecule has 0 aromatic heterocycles. The van der Waals surface area contributed by atoms with E-state index in [1.165, 1.54) is 0 Å². The van der Waals surface area contributed by atoms with Crippen LogP contribution in [0.1, 0.15) is 25.3 Å². The number of hydrogen-bond acceptors (Lipinski definition) is 4. The number of ether oxygens (including phenoxy) is 2. The number of Topliss-reactive ketones (excluding diaryl/α,β-unsaturated/α-hetero) is 1. The Bertz CT molecular complexity index is 441. The Morgan fingerprint density at radius 2 is 2.05 bits per heavy atom. The van der Waals surface area contributed by atoms with Crippen LogP contribution in [0.3, 0.4) is 0 Å². The summed E-state index contributed by atoms with van der Waals surface area (Å²) in [6.45, 7) is 2.51. The summed E-state index contributed by atoms with van der Waals surface area (Å²) in [4.78, 5) is 23.3. The molecule has 0 spiro atoms. The number of hydrogen-bond donors (Lipinski definition) is 0. The normalized spacial score (nSPS) is 22.5. The maximum absolute atomic E-state index is 11.7. The summed E-state index contributed by atoms with van der Waals surface area (Å²) in [5, 5.41) is 0. The zero-order valence-corrected chi connectivity index (χ0v) is 11.0. The first-order chi connectivity index (χ1) is 9.20. The number of esters is 1. The van der Waals surface area contributed by atoms with Gasteiger partial charge in [-0.15, -0.1) is 0 Å². The van der Waals surface area contributed by atoms with Crippen molar-refractivity contribution >= 4 is 11.8 Å². The number of benzene rings is 1. The highest BCUT2D eigenvalue weighted by molar-refractivity contribution is 6.00. The summed E-state index contributed by atoms with van der Waals surface area (Å²) in [5.74, 6) is -1.13. The van der Waals surface area contributed by atoms with Gasteiger partial charge in [0.15, 0.2) is 0 Å². The van der Waals surface area contributed by atoms with Crippen molar-refractivity contribution in [1.82, 2.24) is 0 Å². The molecule has 2 rings (SSSR count). The van der Waals surface area contributed by atoms with E-state index in [4.69, 9.17) is 9.47 Å². The molecule has 2 atom stereocenters. The Labute approximate surface area is 112 Å². The highest BCUT2D eigenvalue weighted by Crippen LogP contribution is 2.26. The summed E-state index contributed by atoms with van der Waals surface area (Å²) < 4.78 is 10.6. The van der Waals surface area contributed by atoms with E-state index in [0.717, 1.165) is 5.56 Å². The van der Waals surface area contributed by atoms with Gasteiger partial charge in [0.1, 0.15) is 11.7 Å². The molecular weight excluding hydrogens is 244 g/mol. The summed E-state index contributed by atoms with van der Waals surface area (Å²) in [5.41, 5.74) is 1.06. The predicted molar refractivity (Wildman–Crippen MR) is 69.4 cm³/mol. The van der Waals surface area contributed by atoms with Crippen LogP contribution in [-0.4, -0.2) is 24.5 Å². The molecule has 1 aliphatic carbocycles. The molecule has 0 amide bonds. The second-order valence-electron chi connectivity index (χ2n) is 4.63. The maximum atomic E-state index is 11.7. The van der Waals surface area contributed by atoms with Gasteiger partial charge in [0.05, 0.1) is 19.3 Å². The topological polar surface area (TPSA) is 52.6 Å². The Morgan fingerprint density at radius 3 is 2.74 bits per heavy atom. The van der Waals surface area contributed by atoms with Crippen LogP contribution in [0.5, 0.6) is 0 Å². The molecule has 0 aliphatic heterocycles. The largest absolute Gasteiger partial charge is 0.465 e. The minimum absolute atomic E-state index is 0.0727. The van der Waals surface area contributed by atoms with E-state index in [1.807, 2.05) is 30.3 Å². The van der Waals surface area contributed by atoms with E-state index < -0.39 is 11.9 Å². The molecule has 102 valence electrons. The smallest absolute Gasteiger partial charge is 0.316 e. The second kappa shape index (κ2) is 6.48. The lowest BCUT2D eigenvalue weighted by Gasteiger charge is -2.11. The fourth-order valence-corrected chi connectivity index (χ4v) is 2.23. The molecule has 0 bridgehead atoms. The third kappa shape index (κ3) is 3.64. The van der Waals surface area contributed by atoms with Gasteiger partial charge in [-0.05, 0) is 18.9 Å². The van der Waals surface area contributed by atoms with E-state index in [0.29, 0.717) is 26.1 Å². The van der Waals surface area contributed by atoms with Gasteiger partial charge < -0.3 is 9.47 Å². The standard InChI is InChI=1S/C15H18O4/c1-2-18-15(17)13-8-12(9-14(13)16)19-10-11-6-4-3-5-7-11/h3-7,12-13H,2,8-10H2,1H3. The van der Waals surface area contributed by atoms with Crippen molar-refractivity contribution in [3.05, 3.63) is 35.9 Å². The van der Waals surface area contributed by atoms with Crippen LogP contribution in [0.2, 0.25) is 0 Å². The second-order valence-corrected chi connectivity index (χ2v) is 4.63. The van der Waals surface area contributed by atoms with Gasteiger partial charge in [0.2, 0.25) is 0 Å². The first kappa shape index (κ1) is 13.7. The number of ketones is 1. The molecular formula is C15H18O4. The van der Waals surface area contributed by atoms with Crippen molar-refractivity contribution in [3.63, 3.8) is 0 Å². The molecule has 4 nitrogen and oxygen atoms in total. The van der Waals surface area contributed by atoms with E-state index in [-0.39, 0.29) is 11.9 Å². The highest BCUT2D eigenvalue weighted by Gasteiger charge is 2.38. The highest BCUT2D eigenvalue weighted by atomic mass is 16.5. The fraction of sp³-hybridized carbons (Fsp3) is 0.467. The molecule has 4 heteroatoms. The summed E-state index contributed by atoms with van der Waals surface area (Å²) in [6.07, 6.45) is 0.558. The molecule has 1 fully saturated rings. The minimum Gasteiger partial charge on any atom is -0.465 e. The van der Waals surface area contributed by atoms with Gasteiger partial charge in [-0.3, -0.25) is 9.59 Å². The minimum atomic E-state index is -0.638. The van der Waals surface area contributed by atoms with E-state index in [2.05, 4.69) is 0 Å². The zero-order valence-electron chi connectivity index (χ0n) is 11.0. The third-order valence-electron chi connectivity index (χ3n) is 3.22. The van der Waals surface area contributed by atoms with Crippen LogP contribution < -0.4 is 0 Å². The van der Waals surface area contributed by atoms with Crippen LogP contribution >= 0.6 is 0 Å². The Kier molecular flexibility index (Phi) is 4.68. The number of rotatable bonds is 5. The summed E-state index contributed by atoms with van der Waals surface area (Å²) in [6, 6.07) is 9.78. The molecule has 1 saturated carbocycles. The van der Waals surface area contributed by atoms with Crippen molar-refractivity contribution in [2.75, 3.05) is 6.61 Å². The van der Waals surface area contributed by atoms with Crippen LogP contribution in [0.4, 0.5) is 0 Å². The van der Waals surface area contributed by atoms with Crippen molar-refractivity contribution in [2.24, 2.45) is 5.92 Å². The van der Waals surface area contributed by atoms with Crippen LogP contribution in [0, 0.1) is 5.92 Å². The third-order valence-corrected chi connectivity index (χ3v) is 3.22.